The van der Waals surface area contributed by atoms with Gasteiger partial charge in [0.05, 0.1) is 0 Å². The number of nitrogens with zero attached hydrogens (tertiary/aromatic N) is 1. The molecule has 0 fully saturated rings. The lowest BCUT2D eigenvalue weighted by Crippen LogP contribution is -2.17. The van der Waals surface area contributed by atoms with Crippen molar-refractivity contribution in [2.45, 2.75) is 26.6 Å². The molecule has 0 radical (unpaired) electrons. The Morgan fingerprint density at radius 2 is 1.95 bits per heavy atom. The standard InChI is InChI=1S/C16H20N2O2/c1-2-18-7-3-4-14(18)12-17-11-13-5-6-15-16(10-13)20-9-8-19-15/h3-7,10,17H,2,8-9,11-12H2,1H3. The highest BCUT2D eigenvalue weighted by molar-refractivity contribution is 5.43. The highest BCUT2D eigenvalue weighted by Gasteiger charge is 2.11. The van der Waals surface area contributed by atoms with E-state index in [1.54, 1.807) is 0 Å². The molecule has 1 aromatic heterocycles. The van der Waals surface area contributed by atoms with Gasteiger partial charge in [-0.15, -0.1) is 0 Å². The molecule has 0 saturated carbocycles. The maximum Gasteiger partial charge on any atom is 0.161 e. The lowest BCUT2D eigenvalue weighted by molar-refractivity contribution is 0.171. The number of hydrogen-bond acceptors (Lipinski definition) is 3. The van der Waals surface area contributed by atoms with Gasteiger partial charge in [-0.1, -0.05) is 6.07 Å². The van der Waals surface area contributed by atoms with Crippen LogP contribution in [-0.4, -0.2) is 17.8 Å². The molecule has 0 bridgehead atoms. The van der Waals surface area contributed by atoms with E-state index in [4.69, 9.17) is 9.47 Å². The summed E-state index contributed by atoms with van der Waals surface area (Å²) in [6.45, 7) is 6.13. The third-order valence-electron chi connectivity index (χ3n) is 3.51. The molecule has 1 aromatic carbocycles. The highest BCUT2D eigenvalue weighted by atomic mass is 16.6. The van der Waals surface area contributed by atoms with E-state index >= 15 is 0 Å². The molecule has 1 N–H and O–H groups in total. The normalized spacial score (nSPS) is 13.4. The van der Waals surface area contributed by atoms with Crippen molar-refractivity contribution in [1.82, 2.24) is 9.88 Å². The summed E-state index contributed by atoms with van der Waals surface area (Å²) >= 11 is 0. The number of benzene rings is 1. The van der Waals surface area contributed by atoms with Gasteiger partial charge in [-0.25, -0.2) is 0 Å². The van der Waals surface area contributed by atoms with Crippen LogP contribution in [0.2, 0.25) is 0 Å². The molecule has 0 amide bonds. The lowest BCUT2D eigenvalue weighted by atomic mass is 10.2. The third kappa shape index (κ3) is 2.80. The van der Waals surface area contributed by atoms with Gasteiger partial charge in [-0.3, -0.25) is 0 Å². The van der Waals surface area contributed by atoms with E-state index in [9.17, 15) is 0 Å². The molecule has 0 saturated heterocycles. The summed E-state index contributed by atoms with van der Waals surface area (Å²) in [5, 5.41) is 3.47. The number of ether oxygens (including phenoxy) is 2. The van der Waals surface area contributed by atoms with Crippen molar-refractivity contribution in [3.63, 3.8) is 0 Å². The van der Waals surface area contributed by atoms with Crippen LogP contribution in [0.3, 0.4) is 0 Å². The summed E-state index contributed by atoms with van der Waals surface area (Å²) in [6.07, 6.45) is 2.11. The maximum atomic E-state index is 5.60. The molecule has 0 aliphatic carbocycles. The first-order chi connectivity index (χ1) is 9.86. The van der Waals surface area contributed by atoms with Gasteiger partial charge in [0, 0.05) is 31.5 Å². The molecule has 3 rings (SSSR count). The summed E-state index contributed by atoms with van der Waals surface area (Å²) < 4.78 is 13.4. The van der Waals surface area contributed by atoms with Crippen LogP contribution in [0.25, 0.3) is 0 Å². The zero-order valence-electron chi connectivity index (χ0n) is 11.8. The van der Waals surface area contributed by atoms with Crippen molar-refractivity contribution in [2.75, 3.05) is 13.2 Å². The van der Waals surface area contributed by atoms with Crippen LogP contribution in [0.5, 0.6) is 11.5 Å². The van der Waals surface area contributed by atoms with Crippen molar-refractivity contribution in [3.8, 4) is 11.5 Å². The number of rotatable bonds is 5. The van der Waals surface area contributed by atoms with E-state index in [2.05, 4.69) is 47.3 Å². The number of nitrogens with one attached hydrogen (secondary N) is 1. The summed E-state index contributed by atoms with van der Waals surface area (Å²) in [5.74, 6) is 1.70. The monoisotopic (exact) mass is 272 g/mol. The largest absolute Gasteiger partial charge is 0.486 e. The minimum absolute atomic E-state index is 0.633. The van der Waals surface area contributed by atoms with Crippen LogP contribution < -0.4 is 14.8 Å². The molecule has 4 nitrogen and oxygen atoms in total. The molecule has 0 atom stereocenters. The number of aromatic nitrogens is 1. The van der Waals surface area contributed by atoms with Gasteiger partial charge < -0.3 is 19.4 Å². The average molecular weight is 272 g/mol. The Kier molecular flexibility index (Phi) is 3.92. The fraction of sp³-hybridized carbons (Fsp3) is 0.375. The molecule has 1 aliphatic heterocycles. The Balaban J connectivity index is 1.58. The smallest absolute Gasteiger partial charge is 0.161 e. The Bertz CT molecular complexity index is 578. The van der Waals surface area contributed by atoms with Crippen molar-refractivity contribution >= 4 is 0 Å². The molecule has 2 heterocycles. The Morgan fingerprint density at radius 3 is 2.80 bits per heavy atom. The van der Waals surface area contributed by atoms with Crippen LogP contribution in [0, 0.1) is 0 Å². The predicted octanol–water partition coefficient (Wildman–Crippen LogP) is 2.57. The summed E-state index contributed by atoms with van der Waals surface area (Å²) in [4.78, 5) is 0. The van der Waals surface area contributed by atoms with Gasteiger partial charge in [0.25, 0.3) is 0 Å². The fourth-order valence-electron chi connectivity index (χ4n) is 2.45. The zero-order valence-corrected chi connectivity index (χ0v) is 11.8. The number of hydrogen-bond donors (Lipinski definition) is 1. The average Bonchev–Trinajstić information content (AvgIpc) is 2.95. The van der Waals surface area contributed by atoms with Crippen molar-refractivity contribution in [3.05, 3.63) is 47.8 Å². The van der Waals surface area contributed by atoms with Gasteiger partial charge in [0.15, 0.2) is 11.5 Å². The fourth-order valence-corrected chi connectivity index (χ4v) is 2.45. The second-order valence-corrected chi connectivity index (χ2v) is 4.87. The molecule has 20 heavy (non-hydrogen) atoms. The summed E-state index contributed by atoms with van der Waals surface area (Å²) in [6, 6.07) is 10.4. The van der Waals surface area contributed by atoms with Crippen LogP contribution in [0.15, 0.2) is 36.5 Å². The van der Waals surface area contributed by atoms with E-state index in [1.165, 1.54) is 11.3 Å². The van der Waals surface area contributed by atoms with E-state index in [0.717, 1.165) is 31.1 Å². The quantitative estimate of drug-likeness (QED) is 0.908. The van der Waals surface area contributed by atoms with Crippen LogP contribution in [0.4, 0.5) is 0 Å². The Labute approximate surface area is 119 Å². The van der Waals surface area contributed by atoms with E-state index in [0.29, 0.717) is 13.2 Å². The lowest BCUT2D eigenvalue weighted by Gasteiger charge is -2.19. The van der Waals surface area contributed by atoms with Crippen LogP contribution in [0.1, 0.15) is 18.2 Å². The van der Waals surface area contributed by atoms with Gasteiger partial charge in [0.2, 0.25) is 0 Å². The molecule has 1 aliphatic rings. The molecule has 0 unspecified atom stereocenters. The molecule has 4 heteroatoms. The summed E-state index contributed by atoms with van der Waals surface area (Å²) in [7, 11) is 0. The maximum absolute atomic E-state index is 5.60. The summed E-state index contributed by atoms with van der Waals surface area (Å²) in [5.41, 5.74) is 2.52. The van der Waals surface area contributed by atoms with Gasteiger partial charge in [-0.2, -0.15) is 0 Å². The topological polar surface area (TPSA) is 35.4 Å². The van der Waals surface area contributed by atoms with E-state index in [-0.39, 0.29) is 0 Å². The third-order valence-corrected chi connectivity index (χ3v) is 3.51. The number of aryl methyl sites for hydroxylation is 1. The van der Waals surface area contributed by atoms with Crippen molar-refractivity contribution < 1.29 is 9.47 Å². The second kappa shape index (κ2) is 6.01. The highest BCUT2D eigenvalue weighted by Crippen LogP contribution is 2.30. The molecule has 0 spiro atoms. The molecule has 2 aromatic rings. The first kappa shape index (κ1) is 13.1. The van der Waals surface area contributed by atoms with Gasteiger partial charge in [0.1, 0.15) is 13.2 Å². The molecular formula is C16H20N2O2. The first-order valence-electron chi connectivity index (χ1n) is 7.10. The second-order valence-electron chi connectivity index (χ2n) is 4.87. The van der Waals surface area contributed by atoms with Crippen LogP contribution >= 0.6 is 0 Å². The van der Waals surface area contributed by atoms with Crippen molar-refractivity contribution in [2.24, 2.45) is 0 Å². The predicted molar refractivity (Wildman–Crippen MR) is 78.1 cm³/mol. The van der Waals surface area contributed by atoms with Gasteiger partial charge in [-0.05, 0) is 36.8 Å². The molecular weight excluding hydrogens is 252 g/mol. The van der Waals surface area contributed by atoms with Crippen molar-refractivity contribution in [1.29, 1.82) is 0 Å². The Morgan fingerprint density at radius 1 is 1.10 bits per heavy atom. The SMILES string of the molecule is CCn1cccc1CNCc1ccc2c(c1)OCCO2. The number of fused-ring (bicyclic) bond motifs is 1. The van der Waals surface area contributed by atoms with E-state index in [1.807, 2.05) is 6.07 Å². The minimum atomic E-state index is 0.633. The van der Waals surface area contributed by atoms with E-state index < -0.39 is 0 Å². The minimum Gasteiger partial charge on any atom is -0.486 e. The Hall–Kier alpha value is -1.94. The first-order valence-corrected chi connectivity index (χ1v) is 7.10. The zero-order chi connectivity index (χ0) is 13.8. The van der Waals surface area contributed by atoms with Gasteiger partial charge >= 0.3 is 0 Å². The molecule has 106 valence electrons. The van der Waals surface area contributed by atoms with Crippen LogP contribution in [-0.2, 0) is 19.6 Å².